The third kappa shape index (κ3) is 5.83. The van der Waals surface area contributed by atoms with Gasteiger partial charge in [0, 0.05) is 37.4 Å². The molecule has 1 N–H and O–H groups in total. The van der Waals surface area contributed by atoms with Crippen molar-refractivity contribution in [1.82, 2.24) is 24.9 Å². The van der Waals surface area contributed by atoms with Gasteiger partial charge in [0.25, 0.3) is 5.91 Å². The van der Waals surface area contributed by atoms with Gasteiger partial charge in [0.05, 0.1) is 19.2 Å². The largest absolute Gasteiger partial charge is 0.467 e. The van der Waals surface area contributed by atoms with Crippen LogP contribution in [0.15, 0.2) is 48.6 Å². The molecule has 1 spiro atoms. The van der Waals surface area contributed by atoms with Crippen LogP contribution in [0.5, 0.6) is 0 Å². The van der Waals surface area contributed by atoms with Crippen LogP contribution < -0.4 is 5.32 Å². The second-order valence-corrected chi connectivity index (χ2v) is 15.2. The molecule has 9 atom stereocenters. The van der Waals surface area contributed by atoms with E-state index in [1.54, 1.807) is 37.8 Å². The molecule has 13 heteroatoms. The van der Waals surface area contributed by atoms with E-state index in [1.807, 2.05) is 37.3 Å². The molecule has 7 rings (SSSR count). The van der Waals surface area contributed by atoms with Gasteiger partial charge in [-0.25, -0.2) is 4.79 Å². The summed E-state index contributed by atoms with van der Waals surface area (Å²) in [5.41, 5.74) is -0.598. The minimum Gasteiger partial charge on any atom is -0.467 e. The first kappa shape index (κ1) is 35.2. The highest BCUT2D eigenvalue weighted by Gasteiger charge is 2.59. The molecule has 0 unspecified atom stereocenters. The fraction of sp³-hybridized carbons (Fsp3) is 0.579. The standard InChI is InChI=1S/C38H46ClN5O7/c1-4-23-21-31(36(49)51-3)44-29(23)12-10-24-15-19-41(32(24)35(44)48)34(47)30-13-11-26-14-17-38(37(50)43(26)30)16-7-18-42(38)33(46)28(40-22(2)45)20-25-8-5-6-9-27(25)39/h5-6,8-10,12,14,17,23-24,26,28-32H,4,7,11,13,15-16,18-21H2,1-3H3,(H,40,45)/t23-,24+,26+,28+,29+,30+,31+,32+,38-/m1/s1. The zero-order valence-corrected chi connectivity index (χ0v) is 30.1. The summed E-state index contributed by atoms with van der Waals surface area (Å²) in [5.74, 6) is -2.15. The molecule has 0 bridgehead atoms. The number of methoxy groups -OCH3 is 1. The maximum Gasteiger partial charge on any atom is 0.328 e. The third-order valence-corrected chi connectivity index (χ3v) is 12.5. The van der Waals surface area contributed by atoms with Crippen LogP contribution in [0.25, 0.3) is 0 Å². The Labute approximate surface area is 303 Å². The first-order valence-corrected chi connectivity index (χ1v) is 18.6. The molecule has 4 saturated heterocycles. The Hall–Kier alpha value is -4.19. The number of halogens is 1. The molecule has 12 nitrogen and oxygen atoms in total. The molecule has 0 radical (unpaired) electrons. The highest BCUT2D eigenvalue weighted by atomic mass is 35.5. The predicted octanol–water partition coefficient (Wildman–Crippen LogP) is 2.63. The van der Waals surface area contributed by atoms with Crippen LogP contribution in [-0.4, -0.2) is 117 Å². The van der Waals surface area contributed by atoms with E-state index >= 15 is 0 Å². The molecule has 51 heavy (non-hydrogen) atoms. The van der Waals surface area contributed by atoms with Crippen LogP contribution in [0.4, 0.5) is 0 Å². The summed E-state index contributed by atoms with van der Waals surface area (Å²) in [6, 6.07) is 3.34. The number of ether oxygens (including phenoxy) is 1. The average Bonchev–Trinajstić information content (AvgIpc) is 3.91. The van der Waals surface area contributed by atoms with Crippen molar-refractivity contribution in [2.75, 3.05) is 20.2 Å². The molecule has 1 aromatic rings. The highest BCUT2D eigenvalue weighted by molar-refractivity contribution is 6.31. The summed E-state index contributed by atoms with van der Waals surface area (Å²) in [4.78, 5) is 89.7. The summed E-state index contributed by atoms with van der Waals surface area (Å²) in [7, 11) is 1.33. The normalized spacial score (nSPS) is 32.9. The SMILES string of the molecule is CC[C@@H]1C[C@@H](C(=O)OC)N2C(=O)[C@@H]3[C@@H](C=C[C@@H]12)CCN3C(=O)[C@@H]1CC[C@H]2C=C[C@]3(CCCN3C(=O)[C@H](Cc3ccccc3Cl)NC(C)=O)C(=O)N21. The number of carbonyl (C=O) groups excluding carboxylic acids is 6. The zero-order chi connectivity index (χ0) is 36.2. The molecule has 272 valence electrons. The maximum absolute atomic E-state index is 14.8. The summed E-state index contributed by atoms with van der Waals surface area (Å²) in [5, 5.41) is 3.26. The van der Waals surface area contributed by atoms with Gasteiger partial charge in [-0.05, 0) is 56.1 Å². The lowest BCUT2D eigenvalue weighted by molar-refractivity contribution is -0.158. The lowest BCUT2D eigenvalue weighted by Crippen LogP contribution is -2.65. The van der Waals surface area contributed by atoms with E-state index in [4.69, 9.17) is 16.3 Å². The lowest BCUT2D eigenvalue weighted by atomic mass is 9.88. The number of amides is 5. The van der Waals surface area contributed by atoms with Crippen LogP contribution >= 0.6 is 11.6 Å². The Balaban J connectivity index is 1.14. The number of nitrogens with one attached hydrogen (secondary N) is 1. The predicted molar refractivity (Wildman–Crippen MR) is 187 cm³/mol. The molecular formula is C38H46ClN5O7. The van der Waals surface area contributed by atoms with Gasteiger partial charge in [0.15, 0.2) is 0 Å². The van der Waals surface area contributed by atoms with Gasteiger partial charge in [0.2, 0.25) is 23.6 Å². The van der Waals surface area contributed by atoms with Crippen molar-refractivity contribution in [1.29, 1.82) is 0 Å². The number of hydrogen-bond donors (Lipinski definition) is 1. The number of likely N-dealkylation sites (tertiary alicyclic amines) is 2. The van der Waals surface area contributed by atoms with E-state index in [1.165, 1.54) is 14.0 Å². The Morgan fingerprint density at radius 2 is 1.80 bits per heavy atom. The van der Waals surface area contributed by atoms with Gasteiger partial charge in [-0.15, -0.1) is 0 Å². The maximum atomic E-state index is 14.8. The van der Waals surface area contributed by atoms with Crippen LogP contribution in [0.1, 0.15) is 64.4 Å². The molecule has 6 aliphatic heterocycles. The van der Waals surface area contributed by atoms with E-state index in [-0.39, 0.29) is 59.9 Å². The second-order valence-electron chi connectivity index (χ2n) is 14.8. The number of rotatable bonds is 7. The first-order valence-electron chi connectivity index (χ1n) is 18.2. The van der Waals surface area contributed by atoms with Crippen molar-refractivity contribution in [2.45, 2.75) is 107 Å². The van der Waals surface area contributed by atoms with Crippen molar-refractivity contribution >= 4 is 47.1 Å². The monoisotopic (exact) mass is 719 g/mol. The van der Waals surface area contributed by atoms with E-state index in [2.05, 4.69) is 5.32 Å². The minimum absolute atomic E-state index is 0.105. The summed E-state index contributed by atoms with van der Waals surface area (Å²) in [6.45, 7) is 4.08. The van der Waals surface area contributed by atoms with E-state index in [9.17, 15) is 28.8 Å². The lowest BCUT2D eigenvalue weighted by Gasteiger charge is -2.45. The van der Waals surface area contributed by atoms with E-state index in [0.717, 1.165) is 6.42 Å². The smallest absolute Gasteiger partial charge is 0.328 e. The third-order valence-electron chi connectivity index (χ3n) is 12.1. The Kier molecular flexibility index (Phi) is 9.49. The molecule has 5 amide bonds. The van der Waals surface area contributed by atoms with Crippen LogP contribution in [0.3, 0.4) is 0 Å². The summed E-state index contributed by atoms with van der Waals surface area (Å²) < 4.78 is 5.10. The summed E-state index contributed by atoms with van der Waals surface area (Å²) in [6.07, 6.45) is 11.9. The molecule has 0 saturated carbocycles. The van der Waals surface area contributed by atoms with Gasteiger partial charge in [0.1, 0.15) is 29.7 Å². The van der Waals surface area contributed by atoms with Crippen molar-refractivity contribution < 1.29 is 33.5 Å². The van der Waals surface area contributed by atoms with Crippen molar-refractivity contribution in [2.24, 2.45) is 11.8 Å². The van der Waals surface area contributed by atoms with Gasteiger partial charge in [-0.1, -0.05) is 67.4 Å². The first-order chi connectivity index (χ1) is 24.5. The second kappa shape index (κ2) is 13.7. The van der Waals surface area contributed by atoms with Crippen molar-refractivity contribution in [3.05, 3.63) is 59.2 Å². The van der Waals surface area contributed by atoms with Gasteiger partial charge < -0.3 is 29.7 Å². The fourth-order valence-electron chi connectivity index (χ4n) is 9.65. The molecular weight excluding hydrogens is 674 g/mol. The van der Waals surface area contributed by atoms with Crippen LogP contribution in [-0.2, 0) is 39.9 Å². The summed E-state index contributed by atoms with van der Waals surface area (Å²) >= 11 is 6.43. The quantitative estimate of drug-likeness (QED) is 0.338. The zero-order valence-electron chi connectivity index (χ0n) is 29.3. The topological polar surface area (TPSA) is 137 Å². The number of fused-ring (bicyclic) bond motifs is 3. The molecule has 0 aliphatic carbocycles. The number of esters is 1. The van der Waals surface area contributed by atoms with Gasteiger partial charge in [-0.3, -0.25) is 24.0 Å². The minimum atomic E-state index is -1.30. The Morgan fingerprint density at radius 3 is 2.53 bits per heavy atom. The average molecular weight is 720 g/mol. The molecule has 4 fully saturated rings. The number of nitrogens with zero attached hydrogens (tertiary/aromatic N) is 4. The number of hydrogen-bond acceptors (Lipinski definition) is 7. The van der Waals surface area contributed by atoms with E-state index in [0.29, 0.717) is 62.2 Å². The van der Waals surface area contributed by atoms with Crippen LogP contribution in [0, 0.1) is 11.8 Å². The van der Waals surface area contributed by atoms with Crippen molar-refractivity contribution in [3.63, 3.8) is 0 Å². The van der Waals surface area contributed by atoms with Crippen LogP contribution in [0.2, 0.25) is 5.02 Å². The Morgan fingerprint density at radius 1 is 1.02 bits per heavy atom. The number of carbonyl (C=O) groups is 6. The highest BCUT2D eigenvalue weighted by Crippen LogP contribution is 2.44. The van der Waals surface area contributed by atoms with Gasteiger partial charge >= 0.3 is 5.97 Å². The molecule has 1 aromatic carbocycles. The van der Waals surface area contributed by atoms with Crippen molar-refractivity contribution in [3.8, 4) is 0 Å². The number of benzene rings is 1. The Bertz CT molecular complexity index is 1700. The molecule has 6 heterocycles. The van der Waals surface area contributed by atoms with E-state index < -0.39 is 35.7 Å². The van der Waals surface area contributed by atoms with Gasteiger partial charge in [-0.2, -0.15) is 0 Å². The fourth-order valence-corrected chi connectivity index (χ4v) is 9.86. The molecule has 0 aromatic heterocycles. The molecule has 6 aliphatic rings.